The number of halogens is 3. The number of aryl methyl sites for hydroxylation is 2. The van der Waals surface area contributed by atoms with Crippen molar-refractivity contribution < 1.29 is 18.0 Å². The predicted octanol–water partition coefficient (Wildman–Crippen LogP) is 4.67. The van der Waals surface area contributed by atoms with E-state index in [2.05, 4.69) is 15.3 Å². The summed E-state index contributed by atoms with van der Waals surface area (Å²) in [5.41, 5.74) is 0.652. The summed E-state index contributed by atoms with van der Waals surface area (Å²) in [6.45, 7) is 3.41. The lowest BCUT2D eigenvalue weighted by Gasteiger charge is -2.14. The molecule has 2 aromatic heterocycles. The Kier molecular flexibility index (Phi) is 5.25. The largest absolute Gasteiger partial charge is 0.416 e. The van der Waals surface area contributed by atoms with E-state index in [1.54, 1.807) is 50.4 Å². The van der Waals surface area contributed by atoms with E-state index in [0.29, 0.717) is 33.8 Å². The molecule has 9 heteroatoms. The highest BCUT2D eigenvalue weighted by Gasteiger charge is 2.30. The van der Waals surface area contributed by atoms with Gasteiger partial charge in [0.05, 0.1) is 16.6 Å². The average Bonchev–Trinajstić information content (AvgIpc) is 2.75. The van der Waals surface area contributed by atoms with Crippen molar-refractivity contribution in [3.63, 3.8) is 0 Å². The quantitative estimate of drug-likeness (QED) is 0.504. The van der Waals surface area contributed by atoms with Gasteiger partial charge in [-0.25, -0.2) is 9.97 Å². The van der Waals surface area contributed by atoms with Crippen molar-refractivity contribution in [1.29, 1.82) is 0 Å². The van der Waals surface area contributed by atoms with Crippen LogP contribution in [0.3, 0.4) is 0 Å². The first-order chi connectivity index (χ1) is 15.1. The van der Waals surface area contributed by atoms with Crippen molar-refractivity contribution in [2.75, 3.05) is 5.32 Å². The molecule has 0 bridgehead atoms. The Hall–Kier alpha value is -4.01. The first-order valence-electron chi connectivity index (χ1n) is 9.59. The second-order valence-electron chi connectivity index (χ2n) is 7.21. The van der Waals surface area contributed by atoms with Crippen LogP contribution in [0, 0.1) is 13.8 Å². The molecule has 0 saturated heterocycles. The van der Waals surface area contributed by atoms with Crippen molar-refractivity contribution in [3.8, 4) is 5.69 Å². The number of anilines is 1. The fourth-order valence-electron chi connectivity index (χ4n) is 3.39. The Balaban J connectivity index is 1.66. The van der Waals surface area contributed by atoms with Gasteiger partial charge in [0.1, 0.15) is 5.82 Å². The van der Waals surface area contributed by atoms with E-state index in [1.807, 2.05) is 0 Å². The molecule has 0 atom stereocenters. The maximum absolute atomic E-state index is 12.9. The molecule has 162 valence electrons. The number of fused-ring (bicyclic) bond motifs is 1. The number of nitrogens with one attached hydrogen (secondary N) is 1. The molecular formula is C23H17F3N4O2. The van der Waals surface area contributed by atoms with Gasteiger partial charge in [-0.05, 0) is 67.9 Å². The van der Waals surface area contributed by atoms with Gasteiger partial charge in [0, 0.05) is 17.4 Å². The molecular weight excluding hydrogens is 421 g/mol. The number of hydrogen-bond acceptors (Lipinski definition) is 4. The first-order valence-corrected chi connectivity index (χ1v) is 9.59. The highest BCUT2D eigenvalue weighted by molar-refractivity contribution is 6.04. The number of benzene rings is 2. The summed E-state index contributed by atoms with van der Waals surface area (Å²) >= 11 is 0. The number of pyridine rings is 1. The molecule has 6 nitrogen and oxygen atoms in total. The van der Waals surface area contributed by atoms with Crippen molar-refractivity contribution >= 4 is 22.6 Å². The van der Waals surface area contributed by atoms with Gasteiger partial charge in [-0.2, -0.15) is 13.2 Å². The van der Waals surface area contributed by atoms with Crippen LogP contribution in [0.5, 0.6) is 0 Å². The highest BCUT2D eigenvalue weighted by atomic mass is 19.4. The number of alkyl halides is 3. The van der Waals surface area contributed by atoms with Crippen LogP contribution in [0.15, 0.2) is 65.6 Å². The van der Waals surface area contributed by atoms with E-state index < -0.39 is 17.6 Å². The normalized spacial score (nSPS) is 11.5. The summed E-state index contributed by atoms with van der Waals surface area (Å²) in [5.74, 6) is -0.222. The standard InChI is InChI=1S/C23H17F3N4O2/c1-13-11-17(30-14(2)28-20-18(22(30)32)7-4-10-27-20)8-9-19(13)29-21(31)15-5-3-6-16(12-15)23(24,25)26/h3-12H,1-2H3,(H,29,31). The third-order valence-corrected chi connectivity index (χ3v) is 4.98. The molecule has 0 unspecified atom stereocenters. The van der Waals surface area contributed by atoms with Crippen LogP contribution in [-0.4, -0.2) is 20.4 Å². The Morgan fingerprint density at radius 3 is 2.53 bits per heavy atom. The van der Waals surface area contributed by atoms with E-state index >= 15 is 0 Å². The van der Waals surface area contributed by atoms with Crippen LogP contribution >= 0.6 is 0 Å². The van der Waals surface area contributed by atoms with Crippen molar-refractivity contribution in [1.82, 2.24) is 14.5 Å². The fourth-order valence-corrected chi connectivity index (χ4v) is 3.39. The zero-order chi connectivity index (χ0) is 23.0. The van der Waals surface area contributed by atoms with Gasteiger partial charge in [-0.3, -0.25) is 14.2 Å². The lowest BCUT2D eigenvalue weighted by atomic mass is 10.1. The van der Waals surface area contributed by atoms with E-state index in [9.17, 15) is 22.8 Å². The molecule has 2 heterocycles. The maximum Gasteiger partial charge on any atom is 0.416 e. The third kappa shape index (κ3) is 3.96. The molecule has 0 aliphatic rings. The molecule has 4 aromatic rings. The Morgan fingerprint density at radius 2 is 1.81 bits per heavy atom. The number of hydrogen-bond donors (Lipinski definition) is 1. The number of carbonyl (C=O) groups is 1. The zero-order valence-electron chi connectivity index (χ0n) is 17.1. The Bertz CT molecular complexity index is 1410. The molecule has 0 aliphatic heterocycles. The number of amides is 1. The van der Waals surface area contributed by atoms with Gasteiger partial charge in [0.2, 0.25) is 0 Å². The molecule has 32 heavy (non-hydrogen) atoms. The molecule has 4 rings (SSSR count). The minimum absolute atomic E-state index is 0.110. The highest BCUT2D eigenvalue weighted by Crippen LogP contribution is 2.30. The van der Waals surface area contributed by atoms with Gasteiger partial charge in [-0.15, -0.1) is 0 Å². The molecule has 1 N–H and O–H groups in total. The van der Waals surface area contributed by atoms with E-state index in [-0.39, 0.29) is 11.1 Å². The Morgan fingerprint density at radius 1 is 1.03 bits per heavy atom. The smallest absolute Gasteiger partial charge is 0.322 e. The second-order valence-corrected chi connectivity index (χ2v) is 7.21. The first kappa shape index (κ1) is 21.2. The van der Waals surface area contributed by atoms with Gasteiger partial charge in [0.15, 0.2) is 5.65 Å². The zero-order valence-corrected chi connectivity index (χ0v) is 17.1. The van der Waals surface area contributed by atoms with Crippen molar-refractivity contribution in [2.45, 2.75) is 20.0 Å². The monoisotopic (exact) mass is 438 g/mol. The number of carbonyl (C=O) groups excluding carboxylic acids is 1. The van der Waals surface area contributed by atoms with Gasteiger partial charge in [-0.1, -0.05) is 6.07 Å². The van der Waals surface area contributed by atoms with Crippen molar-refractivity contribution in [3.05, 3.63) is 93.7 Å². The van der Waals surface area contributed by atoms with Crippen LogP contribution in [0.25, 0.3) is 16.7 Å². The van der Waals surface area contributed by atoms with Crippen LogP contribution < -0.4 is 10.9 Å². The average molecular weight is 438 g/mol. The summed E-state index contributed by atoms with van der Waals surface area (Å²) in [6, 6.07) is 12.4. The van der Waals surface area contributed by atoms with Crippen LogP contribution in [0.2, 0.25) is 0 Å². The summed E-state index contributed by atoms with van der Waals surface area (Å²) in [5, 5.41) is 3.00. The minimum atomic E-state index is -4.54. The SMILES string of the molecule is Cc1cc(-n2c(C)nc3ncccc3c2=O)ccc1NC(=O)c1cccc(C(F)(F)F)c1. The van der Waals surface area contributed by atoms with Crippen LogP contribution in [0.4, 0.5) is 18.9 Å². The predicted molar refractivity (Wildman–Crippen MR) is 114 cm³/mol. The second kappa shape index (κ2) is 7.92. The third-order valence-electron chi connectivity index (χ3n) is 4.98. The van der Waals surface area contributed by atoms with Crippen molar-refractivity contribution in [2.24, 2.45) is 0 Å². The van der Waals surface area contributed by atoms with E-state index in [0.717, 1.165) is 12.1 Å². The molecule has 0 spiro atoms. The molecule has 2 aromatic carbocycles. The van der Waals surface area contributed by atoms with Crippen LogP contribution in [-0.2, 0) is 6.18 Å². The molecule has 0 aliphatic carbocycles. The summed E-state index contributed by atoms with van der Waals surface area (Å²) < 4.78 is 40.2. The summed E-state index contributed by atoms with van der Waals surface area (Å²) in [4.78, 5) is 33.9. The number of rotatable bonds is 3. The summed E-state index contributed by atoms with van der Waals surface area (Å²) in [6.07, 6.45) is -2.98. The summed E-state index contributed by atoms with van der Waals surface area (Å²) in [7, 11) is 0. The lowest BCUT2D eigenvalue weighted by molar-refractivity contribution is -0.137. The number of nitrogens with zero attached hydrogens (tertiary/aromatic N) is 3. The van der Waals surface area contributed by atoms with Gasteiger partial charge >= 0.3 is 6.18 Å². The van der Waals surface area contributed by atoms with E-state index in [1.165, 1.54) is 16.7 Å². The molecule has 1 amide bonds. The lowest BCUT2D eigenvalue weighted by Crippen LogP contribution is -2.23. The topological polar surface area (TPSA) is 76.9 Å². The molecule has 0 radical (unpaired) electrons. The molecule has 0 saturated carbocycles. The fraction of sp³-hybridized carbons (Fsp3) is 0.130. The Labute approximate surface area is 180 Å². The van der Waals surface area contributed by atoms with Gasteiger partial charge in [0.25, 0.3) is 11.5 Å². The molecule has 0 fully saturated rings. The number of aromatic nitrogens is 3. The maximum atomic E-state index is 12.9. The van der Waals surface area contributed by atoms with Crippen LogP contribution in [0.1, 0.15) is 27.3 Å². The van der Waals surface area contributed by atoms with Gasteiger partial charge < -0.3 is 5.32 Å². The minimum Gasteiger partial charge on any atom is -0.322 e. The van der Waals surface area contributed by atoms with E-state index in [4.69, 9.17) is 0 Å².